The third-order valence-corrected chi connectivity index (χ3v) is 2.11. The molecule has 0 aliphatic rings. The molecule has 0 heterocycles. The average Bonchev–Trinajstić information content (AvgIpc) is 2.23. The first-order chi connectivity index (χ1) is 7.31. The highest BCUT2D eigenvalue weighted by atomic mass is 16.5. The number of carbonyl (C=O) groups excluding carboxylic acids is 1. The summed E-state index contributed by atoms with van der Waals surface area (Å²) in [6.07, 6.45) is 3.96. The Morgan fingerprint density at radius 2 is 2.00 bits per heavy atom. The lowest BCUT2D eigenvalue weighted by molar-refractivity contribution is -0.121. The molecule has 0 atom stereocenters. The summed E-state index contributed by atoms with van der Waals surface area (Å²) in [5.41, 5.74) is 0. The Bertz CT molecular complexity index is 152. The van der Waals surface area contributed by atoms with Crippen molar-refractivity contribution >= 4 is 5.91 Å². The van der Waals surface area contributed by atoms with Gasteiger partial charge in [0, 0.05) is 33.2 Å². The highest BCUT2D eigenvalue weighted by molar-refractivity contribution is 5.75. The minimum Gasteiger partial charge on any atom is -0.383 e. The summed E-state index contributed by atoms with van der Waals surface area (Å²) in [4.78, 5) is 11.2. The van der Waals surface area contributed by atoms with Crippen LogP contribution in [-0.2, 0) is 9.53 Å². The van der Waals surface area contributed by atoms with Gasteiger partial charge in [-0.1, -0.05) is 19.8 Å². The minimum absolute atomic E-state index is 0.164. The average molecular weight is 216 g/mol. The summed E-state index contributed by atoms with van der Waals surface area (Å²) in [6.45, 7) is 5.20. The third-order valence-electron chi connectivity index (χ3n) is 2.11. The molecule has 2 N–H and O–H groups in total. The molecule has 0 fully saturated rings. The van der Waals surface area contributed by atoms with Gasteiger partial charge in [0.1, 0.15) is 0 Å². The number of ether oxygens (including phenoxy) is 1. The van der Waals surface area contributed by atoms with E-state index in [1.165, 1.54) is 0 Å². The van der Waals surface area contributed by atoms with Crippen molar-refractivity contribution in [3.63, 3.8) is 0 Å². The molecule has 0 saturated heterocycles. The number of amides is 1. The summed E-state index contributed by atoms with van der Waals surface area (Å²) in [5.74, 6) is 0.164. The molecule has 90 valence electrons. The standard InChI is InChI=1S/C11H24N2O2/c1-3-4-5-6-11(14)13-8-7-12-9-10-15-2/h12H,3-10H2,1-2H3,(H,13,14). The van der Waals surface area contributed by atoms with E-state index in [-0.39, 0.29) is 5.91 Å². The molecule has 0 aromatic heterocycles. The van der Waals surface area contributed by atoms with Gasteiger partial charge in [-0.3, -0.25) is 4.79 Å². The summed E-state index contributed by atoms with van der Waals surface area (Å²) in [5, 5.41) is 6.05. The Hall–Kier alpha value is -0.610. The molecule has 0 saturated carbocycles. The fourth-order valence-electron chi connectivity index (χ4n) is 1.21. The minimum atomic E-state index is 0.164. The normalized spacial score (nSPS) is 10.3. The molecule has 4 heteroatoms. The van der Waals surface area contributed by atoms with Gasteiger partial charge >= 0.3 is 0 Å². The second-order valence-electron chi connectivity index (χ2n) is 3.55. The lowest BCUT2D eigenvalue weighted by Crippen LogP contribution is -2.32. The predicted molar refractivity (Wildman–Crippen MR) is 61.9 cm³/mol. The van der Waals surface area contributed by atoms with E-state index in [9.17, 15) is 4.79 Å². The highest BCUT2D eigenvalue weighted by Crippen LogP contribution is 1.97. The topological polar surface area (TPSA) is 50.4 Å². The monoisotopic (exact) mass is 216 g/mol. The van der Waals surface area contributed by atoms with E-state index < -0.39 is 0 Å². The summed E-state index contributed by atoms with van der Waals surface area (Å²) in [7, 11) is 1.68. The van der Waals surface area contributed by atoms with Crippen molar-refractivity contribution in [3.05, 3.63) is 0 Å². The van der Waals surface area contributed by atoms with Crippen molar-refractivity contribution in [2.45, 2.75) is 32.6 Å². The molecule has 4 nitrogen and oxygen atoms in total. The van der Waals surface area contributed by atoms with E-state index in [0.717, 1.165) is 32.4 Å². The molecule has 0 spiro atoms. The molecule has 0 aromatic carbocycles. The maximum Gasteiger partial charge on any atom is 0.220 e. The molecular formula is C11H24N2O2. The van der Waals surface area contributed by atoms with Crippen LogP contribution in [0, 0.1) is 0 Å². The number of hydrogen-bond acceptors (Lipinski definition) is 3. The quantitative estimate of drug-likeness (QED) is 0.534. The molecule has 0 aliphatic heterocycles. The Morgan fingerprint density at radius 1 is 1.20 bits per heavy atom. The molecule has 15 heavy (non-hydrogen) atoms. The van der Waals surface area contributed by atoms with Crippen LogP contribution in [0.3, 0.4) is 0 Å². The highest BCUT2D eigenvalue weighted by Gasteiger charge is 1.98. The number of rotatable bonds is 10. The molecular weight excluding hydrogens is 192 g/mol. The van der Waals surface area contributed by atoms with E-state index in [1.807, 2.05) is 0 Å². The Morgan fingerprint density at radius 3 is 2.67 bits per heavy atom. The Kier molecular flexibility index (Phi) is 11.0. The Labute approximate surface area is 92.8 Å². The molecule has 0 aliphatic carbocycles. The first kappa shape index (κ1) is 14.4. The predicted octanol–water partition coefficient (Wildman–Crippen LogP) is 0.919. The van der Waals surface area contributed by atoms with E-state index in [1.54, 1.807) is 7.11 Å². The van der Waals surface area contributed by atoms with Gasteiger partial charge in [-0.25, -0.2) is 0 Å². The molecule has 0 unspecified atom stereocenters. The summed E-state index contributed by atoms with van der Waals surface area (Å²) >= 11 is 0. The van der Waals surface area contributed by atoms with Gasteiger partial charge in [0.15, 0.2) is 0 Å². The maximum atomic E-state index is 11.2. The van der Waals surface area contributed by atoms with Crippen LogP contribution in [0.1, 0.15) is 32.6 Å². The van der Waals surface area contributed by atoms with Gasteiger partial charge in [-0.15, -0.1) is 0 Å². The van der Waals surface area contributed by atoms with E-state index in [2.05, 4.69) is 17.6 Å². The molecule has 0 bridgehead atoms. The van der Waals surface area contributed by atoms with Crippen LogP contribution >= 0.6 is 0 Å². The maximum absolute atomic E-state index is 11.2. The third kappa shape index (κ3) is 11.3. The van der Waals surface area contributed by atoms with Gasteiger partial charge in [-0.05, 0) is 6.42 Å². The lowest BCUT2D eigenvalue weighted by Gasteiger charge is -2.06. The fraction of sp³-hybridized carbons (Fsp3) is 0.909. The SMILES string of the molecule is CCCCCC(=O)NCCNCCOC. The van der Waals surface area contributed by atoms with Gasteiger partial charge in [0.2, 0.25) is 5.91 Å². The lowest BCUT2D eigenvalue weighted by atomic mass is 10.2. The van der Waals surface area contributed by atoms with Gasteiger partial charge in [-0.2, -0.15) is 0 Å². The van der Waals surface area contributed by atoms with Crippen molar-refractivity contribution in [2.24, 2.45) is 0 Å². The number of methoxy groups -OCH3 is 1. The van der Waals surface area contributed by atoms with Crippen LogP contribution in [0.2, 0.25) is 0 Å². The second kappa shape index (κ2) is 11.5. The molecule has 0 aromatic rings. The van der Waals surface area contributed by atoms with E-state index in [0.29, 0.717) is 19.6 Å². The van der Waals surface area contributed by atoms with Crippen LogP contribution in [0.4, 0.5) is 0 Å². The first-order valence-electron chi connectivity index (χ1n) is 5.77. The van der Waals surface area contributed by atoms with E-state index in [4.69, 9.17) is 4.74 Å². The summed E-state index contributed by atoms with van der Waals surface area (Å²) in [6, 6.07) is 0. The van der Waals surface area contributed by atoms with Gasteiger partial charge < -0.3 is 15.4 Å². The van der Waals surface area contributed by atoms with Crippen molar-refractivity contribution in [3.8, 4) is 0 Å². The molecule has 0 radical (unpaired) electrons. The zero-order chi connectivity index (χ0) is 11.4. The van der Waals surface area contributed by atoms with Crippen LogP contribution in [0.5, 0.6) is 0 Å². The number of carbonyl (C=O) groups is 1. The van der Waals surface area contributed by atoms with Crippen LogP contribution in [0.15, 0.2) is 0 Å². The smallest absolute Gasteiger partial charge is 0.220 e. The van der Waals surface area contributed by atoms with Crippen LogP contribution in [-0.4, -0.2) is 39.3 Å². The van der Waals surface area contributed by atoms with Gasteiger partial charge in [0.05, 0.1) is 6.61 Å². The van der Waals surface area contributed by atoms with Crippen LogP contribution < -0.4 is 10.6 Å². The number of nitrogens with one attached hydrogen (secondary N) is 2. The van der Waals surface area contributed by atoms with E-state index >= 15 is 0 Å². The summed E-state index contributed by atoms with van der Waals surface area (Å²) < 4.78 is 4.89. The number of unbranched alkanes of at least 4 members (excludes halogenated alkanes) is 2. The fourth-order valence-corrected chi connectivity index (χ4v) is 1.21. The van der Waals surface area contributed by atoms with Crippen molar-refractivity contribution in [2.75, 3.05) is 33.4 Å². The molecule has 0 rings (SSSR count). The Balaban J connectivity index is 3.10. The largest absolute Gasteiger partial charge is 0.383 e. The second-order valence-corrected chi connectivity index (χ2v) is 3.55. The molecule has 1 amide bonds. The van der Waals surface area contributed by atoms with Crippen molar-refractivity contribution in [1.82, 2.24) is 10.6 Å². The first-order valence-corrected chi connectivity index (χ1v) is 5.77. The van der Waals surface area contributed by atoms with Crippen molar-refractivity contribution in [1.29, 1.82) is 0 Å². The zero-order valence-corrected chi connectivity index (χ0v) is 9.97. The number of hydrogen-bond donors (Lipinski definition) is 2. The zero-order valence-electron chi connectivity index (χ0n) is 9.97. The van der Waals surface area contributed by atoms with Crippen molar-refractivity contribution < 1.29 is 9.53 Å². The van der Waals surface area contributed by atoms with Crippen LogP contribution in [0.25, 0.3) is 0 Å². The van der Waals surface area contributed by atoms with Gasteiger partial charge in [0.25, 0.3) is 0 Å².